The quantitative estimate of drug-likeness (QED) is 0.682. The van der Waals surface area contributed by atoms with Crippen molar-refractivity contribution in [1.29, 1.82) is 0 Å². The van der Waals surface area contributed by atoms with Gasteiger partial charge in [0.15, 0.2) is 0 Å². The first-order valence-corrected chi connectivity index (χ1v) is 6.48. The van der Waals surface area contributed by atoms with Gasteiger partial charge in [-0.05, 0) is 28.0 Å². The van der Waals surface area contributed by atoms with E-state index < -0.39 is 0 Å². The van der Waals surface area contributed by atoms with Crippen LogP contribution in [0.4, 0.5) is 5.00 Å². The Bertz CT molecular complexity index is 740. The summed E-state index contributed by atoms with van der Waals surface area (Å²) < 4.78 is 0. The fourth-order valence-electron chi connectivity index (χ4n) is 2.28. The molecule has 2 nitrogen and oxygen atoms in total. The molecule has 0 atom stereocenters. The number of aliphatic imine (C=N–C) groups is 1. The number of amidine groups is 1. The normalized spacial score (nSPS) is 16.0. The van der Waals surface area contributed by atoms with Gasteiger partial charge in [0.05, 0.1) is 6.54 Å². The van der Waals surface area contributed by atoms with Crippen molar-refractivity contribution >= 4 is 34.4 Å². The SMILES string of the molecule is C1=c2ccccc2=CN2C1=NCc1ccsc12. The maximum atomic E-state index is 4.63. The van der Waals surface area contributed by atoms with Crippen LogP contribution in [0.5, 0.6) is 0 Å². The van der Waals surface area contributed by atoms with E-state index in [9.17, 15) is 0 Å². The molecule has 1 aromatic heterocycles. The summed E-state index contributed by atoms with van der Waals surface area (Å²) in [6.45, 7) is 0.803. The highest BCUT2D eigenvalue weighted by Gasteiger charge is 2.20. The topological polar surface area (TPSA) is 15.6 Å². The van der Waals surface area contributed by atoms with E-state index >= 15 is 0 Å². The second-order valence-electron chi connectivity index (χ2n) is 4.20. The molecule has 0 spiro atoms. The van der Waals surface area contributed by atoms with Crippen LogP contribution in [0.1, 0.15) is 5.56 Å². The Labute approximate surface area is 103 Å². The highest BCUT2D eigenvalue weighted by atomic mass is 32.1. The van der Waals surface area contributed by atoms with Crippen LogP contribution in [0, 0.1) is 0 Å². The van der Waals surface area contributed by atoms with Crippen LogP contribution in [-0.4, -0.2) is 5.84 Å². The summed E-state index contributed by atoms with van der Waals surface area (Å²) in [5, 5.41) is 5.95. The zero-order valence-corrected chi connectivity index (χ0v) is 9.95. The van der Waals surface area contributed by atoms with Crippen molar-refractivity contribution < 1.29 is 0 Å². The Morgan fingerprint density at radius 1 is 1.12 bits per heavy atom. The first-order chi connectivity index (χ1) is 8.42. The van der Waals surface area contributed by atoms with E-state index in [0.717, 1.165) is 12.4 Å². The zero-order chi connectivity index (χ0) is 11.2. The van der Waals surface area contributed by atoms with Crippen molar-refractivity contribution in [1.82, 2.24) is 0 Å². The van der Waals surface area contributed by atoms with E-state index in [-0.39, 0.29) is 0 Å². The molecular formula is C14H10N2S. The van der Waals surface area contributed by atoms with Gasteiger partial charge >= 0.3 is 0 Å². The third-order valence-electron chi connectivity index (χ3n) is 3.15. The summed E-state index contributed by atoms with van der Waals surface area (Å²) in [4.78, 5) is 6.83. The van der Waals surface area contributed by atoms with Crippen molar-refractivity contribution in [3.8, 4) is 0 Å². The molecule has 0 saturated heterocycles. The van der Waals surface area contributed by atoms with Crippen molar-refractivity contribution in [2.75, 3.05) is 4.90 Å². The fraction of sp³-hybridized carbons (Fsp3) is 0.0714. The maximum absolute atomic E-state index is 4.63. The number of benzene rings is 1. The van der Waals surface area contributed by atoms with Crippen LogP contribution in [0.2, 0.25) is 0 Å². The number of rotatable bonds is 0. The van der Waals surface area contributed by atoms with Gasteiger partial charge in [-0.15, -0.1) is 11.3 Å². The summed E-state index contributed by atoms with van der Waals surface area (Å²) >= 11 is 1.78. The van der Waals surface area contributed by atoms with Crippen LogP contribution in [0.3, 0.4) is 0 Å². The number of fused-ring (bicyclic) bond motifs is 4. The molecule has 3 heteroatoms. The zero-order valence-electron chi connectivity index (χ0n) is 9.13. The number of nitrogens with zero attached hydrogens (tertiary/aromatic N) is 2. The molecule has 0 unspecified atom stereocenters. The van der Waals surface area contributed by atoms with E-state index in [2.05, 4.69) is 57.9 Å². The molecule has 0 radical (unpaired) electrons. The number of anilines is 1. The highest BCUT2D eigenvalue weighted by molar-refractivity contribution is 7.14. The lowest BCUT2D eigenvalue weighted by Gasteiger charge is -2.26. The largest absolute Gasteiger partial charge is 0.292 e. The Balaban J connectivity index is 2.02. The molecule has 0 N–H and O–H groups in total. The first kappa shape index (κ1) is 9.19. The predicted octanol–water partition coefficient (Wildman–Crippen LogP) is 1.70. The summed E-state index contributed by atoms with van der Waals surface area (Å²) in [6, 6.07) is 10.6. The van der Waals surface area contributed by atoms with Gasteiger partial charge in [-0.2, -0.15) is 0 Å². The molecule has 0 fully saturated rings. The minimum Gasteiger partial charge on any atom is -0.292 e. The predicted molar refractivity (Wildman–Crippen MR) is 72.6 cm³/mol. The molecule has 2 aliphatic rings. The molecule has 0 bridgehead atoms. The minimum atomic E-state index is 0.803. The first-order valence-electron chi connectivity index (χ1n) is 5.60. The van der Waals surface area contributed by atoms with Gasteiger partial charge < -0.3 is 0 Å². The standard InChI is InChI=1S/C14H10N2S/c1-2-4-12-9-16-13(7-10(12)3-1)15-8-11-5-6-17-14(11)16/h1-7,9H,8H2. The second-order valence-corrected chi connectivity index (χ2v) is 5.09. The smallest absolute Gasteiger partial charge is 0.133 e. The second kappa shape index (κ2) is 3.31. The lowest BCUT2D eigenvalue weighted by molar-refractivity contribution is 1.04. The molecule has 2 aromatic rings. The fourth-order valence-corrected chi connectivity index (χ4v) is 3.19. The molecule has 1 aromatic carbocycles. The molecule has 0 amide bonds. The third-order valence-corrected chi connectivity index (χ3v) is 4.10. The number of hydrogen-bond acceptors (Lipinski definition) is 3. The average molecular weight is 238 g/mol. The molecule has 17 heavy (non-hydrogen) atoms. The molecule has 0 aliphatic carbocycles. The Hall–Kier alpha value is -1.87. The summed E-state index contributed by atoms with van der Waals surface area (Å²) in [6.07, 6.45) is 4.35. The van der Waals surface area contributed by atoms with E-state index in [1.165, 1.54) is 21.0 Å². The van der Waals surface area contributed by atoms with Crippen molar-refractivity contribution in [2.45, 2.75) is 6.54 Å². The van der Waals surface area contributed by atoms with Crippen molar-refractivity contribution in [3.05, 3.63) is 51.7 Å². The third kappa shape index (κ3) is 1.29. The molecule has 0 saturated carbocycles. The molecule has 2 aliphatic heterocycles. The molecule has 4 rings (SSSR count). The van der Waals surface area contributed by atoms with Crippen LogP contribution in [0.15, 0.2) is 40.7 Å². The van der Waals surface area contributed by atoms with Crippen LogP contribution >= 0.6 is 11.3 Å². The molecule has 3 heterocycles. The van der Waals surface area contributed by atoms with Crippen LogP contribution in [0.25, 0.3) is 12.3 Å². The monoisotopic (exact) mass is 238 g/mol. The minimum absolute atomic E-state index is 0.803. The van der Waals surface area contributed by atoms with E-state index in [1.807, 2.05) is 0 Å². The maximum Gasteiger partial charge on any atom is 0.133 e. The van der Waals surface area contributed by atoms with E-state index in [1.54, 1.807) is 11.3 Å². The highest BCUT2D eigenvalue weighted by Crippen LogP contribution is 2.32. The van der Waals surface area contributed by atoms with E-state index in [0.29, 0.717) is 0 Å². The average Bonchev–Trinajstić information content (AvgIpc) is 2.85. The lowest BCUT2D eigenvalue weighted by atomic mass is 10.1. The molecule has 82 valence electrons. The van der Waals surface area contributed by atoms with Gasteiger partial charge in [0.1, 0.15) is 10.8 Å². The van der Waals surface area contributed by atoms with Crippen molar-refractivity contribution in [3.63, 3.8) is 0 Å². The Morgan fingerprint density at radius 3 is 2.94 bits per heavy atom. The van der Waals surface area contributed by atoms with Gasteiger partial charge in [-0.1, -0.05) is 24.3 Å². The van der Waals surface area contributed by atoms with Gasteiger partial charge in [0, 0.05) is 11.8 Å². The number of thiophene rings is 1. The van der Waals surface area contributed by atoms with E-state index in [4.69, 9.17) is 0 Å². The Kier molecular flexibility index (Phi) is 1.79. The lowest BCUT2D eigenvalue weighted by Crippen LogP contribution is -2.39. The van der Waals surface area contributed by atoms with Gasteiger partial charge in [0.25, 0.3) is 0 Å². The van der Waals surface area contributed by atoms with Gasteiger partial charge in [0.2, 0.25) is 0 Å². The molecular weight excluding hydrogens is 228 g/mol. The number of hydrogen-bond donors (Lipinski definition) is 0. The van der Waals surface area contributed by atoms with Crippen molar-refractivity contribution in [2.24, 2.45) is 4.99 Å². The van der Waals surface area contributed by atoms with Gasteiger partial charge in [-0.3, -0.25) is 9.89 Å². The van der Waals surface area contributed by atoms with Crippen LogP contribution < -0.4 is 15.3 Å². The van der Waals surface area contributed by atoms with Gasteiger partial charge in [-0.25, -0.2) is 0 Å². The summed E-state index contributed by atoms with van der Waals surface area (Å²) in [7, 11) is 0. The summed E-state index contributed by atoms with van der Waals surface area (Å²) in [5.74, 6) is 1.05. The summed E-state index contributed by atoms with van der Waals surface area (Å²) in [5.41, 5.74) is 1.32. The Morgan fingerprint density at radius 2 is 2.00 bits per heavy atom. The van der Waals surface area contributed by atoms with Crippen LogP contribution in [-0.2, 0) is 6.54 Å².